The Labute approximate surface area is 129 Å². The van der Waals surface area contributed by atoms with Gasteiger partial charge in [-0.3, -0.25) is 4.98 Å². The lowest BCUT2D eigenvalue weighted by molar-refractivity contribution is 0.249. The smallest absolute Gasteiger partial charge is 0.319 e. The van der Waals surface area contributed by atoms with Crippen molar-refractivity contribution in [2.45, 2.75) is 24.8 Å². The van der Waals surface area contributed by atoms with Crippen molar-refractivity contribution in [3.8, 4) is 0 Å². The Morgan fingerprint density at radius 1 is 1.33 bits per heavy atom. The highest BCUT2D eigenvalue weighted by molar-refractivity contribution is 7.99. The van der Waals surface area contributed by atoms with Crippen LogP contribution in [-0.4, -0.2) is 16.8 Å². The van der Waals surface area contributed by atoms with Gasteiger partial charge in [-0.15, -0.1) is 11.8 Å². The Morgan fingerprint density at radius 2 is 2.19 bits per heavy atom. The van der Waals surface area contributed by atoms with Crippen molar-refractivity contribution in [3.05, 3.63) is 54.4 Å². The van der Waals surface area contributed by atoms with Gasteiger partial charge in [-0.05, 0) is 42.5 Å². The molecule has 21 heavy (non-hydrogen) atoms. The molecule has 0 aliphatic heterocycles. The fourth-order valence-corrected chi connectivity index (χ4v) is 2.63. The molecule has 0 saturated carbocycles. The highest BCUT2D eigenvalue weighted by Gasteiger charge is 2.09. The van der Waals surface area contributed by atoms with Crippen LogP contribution < -0.4 is 10.6 Å². The van der Waals surface area contributed by atoms with Crippen LogP contribution in [-0.2, 0) is 0 Å². The maximum atomic E-state index is 12.0. The second-order valence-electron chi connectivity index (χ2n) is 4.57. The van der Waals surface area contributed by atoms with Crippen LogP contribution in [0.1, 0.15) is 25.5 Å². The molecule has 2 amide bonds. The summed E-state index contributed by atoms with van der Waals surface area (Å²) in [6.07, 6.45) is 3.47. The Kier molecular flexibility index (Phi) is 5.63. The average Bonchev–Trinajstić information content (AvgIpc) is 2.48. The lowest BCUT2D eigenvalue weighted by atomic mass is 10.1. The number of anilines is 1. The van der Waals surface area contributed by atoms with E-state index in [1.54, 1.807) is 24.2 Å². The van der Waals surface area contributed by atoms with Crippen molar-refractivity contribution >= 4 is 23.5 Å². The molecule has 110 valence electrons. The number of thioether (sulfide) groups is 1. The number of rotatable bonds is 5. The summed E-state index contributed by atoms with van der Waals surface area (Å²) in [7, 11) is 0. The van der Waals surface area contributed by atoms with Gasteiger partial charge in [-0.2, -0.15) is 0 Å². The molecule has 1 atom stereocenters. The van der Waals surface area contributed by atoms with E-state index in [1.165, 1.54) is 0 Å². The Bertz CT molecular complexity index is 589. The molecule has 0 saturated heterocycles. The van der Waals surface area contributed by atoms with Crippen LogP contribution in [0.25, 0.3) is 0 Å². The molecule has 5 heteroatoms. The van der Waals surface area contributed by atoms with Crippen LogP contribution in [0.2, 0.25) is 0 Å². The van der Waals surface area contributed by atoms with Gasteiger partial charge in [-0.25, -0.2) is 4.79 Å². The zero-order valence-electron chi connectivity index (χ0n) is 12.2. The van der Waals surface area contributed by atoms with E-state index in [1.807, 2.05) is 43.3 Å². The van der Waals surface area contributed by atoms with Crippen molar-refractivity contribution in [1.82, 2.24) is 10.3 Å². The summed E-state index contributed by atoms with van der Waals surface area (Å²) in [6, 6.07) is 11.3. The summed E-state index contributed by atoms with van der Waals surface area (Å²) in [5.41, 5.74) is 1.77. The molecule has 1 aromatic heterocycles. The van der Waals surface area contributed by atoms with E-state index >= 15 is 0 Å². The lowest BCUT2D eigenvalue weighted by Gasteiger charge is -2.15. The molecule has 1 aromatic carbocycles. The van der Waals surface area contributed by atoms with Crippen LogP contribution >= 0.6 is 11.8 Å². The number of hydrogen-bond donors (Lipinski definition) is 2. The monoisotopic (exact) mass is 301 g/mol. The minimum Gasteiger partial charge on any atom is -0.331 e. The van der Waals surface area contributed by atoms with Crippen molar-refractivity contribution in [1.29, 1.82) is 0 Å². The average molecular weight is 301 g/mol. The van der Waals surface area contributed by atoms with Crippen LogP contribution in [0.4, 0.5) is 10.5 Å². The molecule has 4 nitrogen and oxygen atoms in total. The van der Waals surface area contributed by atoms with Crippen LogP contribution in [0.5, 0.6) is 0 Å². The molecule has 0 aliphatic rings. The van der Waals surface area contributed by atoms with Crippen molar-refractivity contribution in [2.24, 2.45) is 0 Å². The number of nitrogens with zero attached hydrogens (tertiary/aromatic N) is 1. The van der Waals surface area contributed by atoms with Crippen molar-refractivity contribution in [2.75, 3.05) is 11.1 Å². The third kappa shape index (κ3) is 4.79. The molecule has 0 radical (unpaired) electrons. The molecule has 0 spiro atoms. The fraction of sp³-hybridized carbons (Fsp3) is 0.250. The van der Waals surface area contributed by atoms with Crippen LogP contribution in [0.15, 0.2) is 53.7 Å². The lowest BCUT2D eigenvalue weighted by Crippen LogP contribution is -2.31. The number of nitrogens with one attached hydrogen (secondary N) is 2. The van der Waals surface area contributed by atoms with Gasteiger partial charge in [0.15, 0.2) is 0 Å². The van der Waals surface area contributed by atoms with E-state index < -0.39 is 0 Å². The molecular formula is C16H19N3OS. The van der Waals surface area contributed by atoms with Gasteiger partial charge in [-0.1, -0.05) is 19.1 Å². The SMILES string of the molecule is CCSc1cccc(NC(=O)N[C@H](C)c2cccnc2)c1. The Hall–Kier alpha value is -2.01. The quantitative estimate of drug-likeness (QED) is 0.818. The minimum absolute atomic E-state index is 0.0908. The second kappa shape index (κ2) is 7.69. The van der Waals surface area contributed by atoms with E-state index in [-0.39, 0.29) is 12.1 Å². The molecule has 2 N–H and O–H groups in total. The first-order valence-corrected chi connectivity index (χ1v) is 7.88. The number of pyridine rings is 1. The molecule has 1 heterocycles. The minimum atomic E-state index is -0.218. The summed E-state index contributed by atoms with van der Waals surface area (Å²) in [5.74, 6) is 1.01. The molecule has 0 aliphatic carbocycles. The first kappa shape index (κ1) is 15.4. The highest BCUT2D eigenvalue weighted by Crippen LogP contribution is 2.21. The normalized spacial score (nSPS) is 11.7. The predicted molar refractivity (Wildman–Crippen MR) is 87.6 cm³/mol. The number of hydrogen-bond acceptors (Lipinski definition) is 3. The topological polar surface area (TPSA) is 54.0 Å². The van der Waals surface area contributed by atoms with Gasteiger partial charge >= 0.3 is 6.03 Å². The van der Waals surface area contributed by atoms with E-state index in [2.05, 4.69) is 22.5 Å². The van der Waals surface area contributed by atoms with E-state index in [0.717, 1.165) is 21.9 Å². The van der Waals surface area contributed by atoms with Crippen LogP contribution in [0.3, 0.4) is 0 Å². The largest absolute Gasteiger partial charge is 0.331 e. The number of amides is 2. The van der Waals surface area contributed by atoms with Gasteiger partial charge < -0.3 is 10.6 Å². The van der Waals surface area contributed by atoms with Gasteiger partial charge in [0.25, 0.3) is 0 Å². The maximum Gasteiger partial charge on any atom is 0.319 e. The first-order valence-electron chi connectivity index (χ1n) is 6.89. The van der Waals surface area contributed by atoms with Gasteiger partial charge in [0.1, 0.15) is 0 Å². The van der Waals surface area contributed by atoms with Crippen molar-refractivity contribution < 1.29 is 4.79 Å². The predicted octanol–water partition coefficient (Wildman–Crippen LogP) is 4.08. The zero-order chi connectivity index (χ0) is 15.1. The van der Waals surface area contributed by atoms with E-state index in [9.17, 15) is 4.79 Å². The number of carbonyl (C=O) groups is 1. The Morgan fingerprint density at radius 3 is 2.90 bits per heavy atom. The highest BCUT2D eigenvalue weighted by atomic mass is 32.2. The molecule has 0 unspecified atom stereocenters. The third-order valence-corrected chi connectivity index (χ3v) is 3.81. The molecule has 2 aromatic rings. The summed E-state index contributed by atoms with van der Waals surface area (Å²) in [6.45, 7) is 4.03. The van der Waals surface area contributed by atoms with Crippen LogP contribution in [0, 0.1) is 0 Å². The number of urea groups is 1. The molecule has 0 fully saturated rings. The second-order valence-corrected chi connectivity index (χ2v) is 5.90. The maximum absolute atomic E-state index is 12.0. The summed E-state index contributed by atoms with van der Waals surface area (Å²) in [4.78, 5) is 17.2. The molecule has 2 rings (SSSR count). The summed E-state index contributed by atoms with van der Waals surface area (Å²) < 4.78 is 0. The standard InChI is InChI=1S/C16H19N3OS/c1-3-21-15-8-4-7-14(10-15)19-16(20)18-12(2)13-6-5-9-17-11-13/h4-12H,3H2,1-2H3,(H2,18,19,20)/t12-/m1/s1. The van der Waals surface area contributed by atoms with Gasteiger partial charge in [0, 0.05) is 23.0 Å². The van der Waals surface area contributed by atoms with E-state index in [4.69, 9.17) is 0 Å². The van der Waals surface area contributed by atoms with Crippen molar-refractivity contribution in [3.63, 3.8) is 0 Å². The van der Waals surface area contributed by atoms with Gasteiger partial charge in [0.05, 0.1) is 6.04 Å². The first-order chi connectivity index (χ1) is 10.2. The number of carbonyl (C=O) groups excluding carboxylic acids is 1. The Balaban J connectivity index is 1.94. The van der Waals surface area contributed by atoms with Gasteiger partial charge in [0.2, 0.25) is 0 Å². The summed E-state index contributed by atoms with van der Waals surface area (Å²) in [5, 5.41) is 5.76. The number of benzene rings is 1. The zero-order valence-corrected chi connectivity index (χ0v) is 13.0. The van der Waals surface area contributed by atoms with E-state index in [0.29, 0.717) is 0 Å². The third-order valence-electron chi connectivity index (χ3n) is 2.93. The molecule has 0 bridgehead atoms. The summed E-state index contributed by atoms with van der Waals surface area (Å²) >= 11 is 1.75. The molecular weight excluding hydrogens is 282 g/mol. The fourth-order valence-electron chi connectivity index (χ4n) is 1.91. The number of aromatic nitrogens is 1.